The van der Waals surface area contributed by atoms with E-state index in [2.05, 4.69) is 10.2 Å². The number of nitrogens with zero attached hydrogens (tertiary/aromatic N) is 1. The second-order valence-corrected chi connectivity index (χ2v) is 5.62. The van der Waals surface area contributed by atoms with Gasteiger partial charge in [-0.05, 0) is 13.0 Å². The molecule has 6 heteroatoms. The Morgan fingerprint density at radius 2 is 2.00 bits per heavy atom. The Morgan fingerprint density at radius 1 is 1.30 bits per heavy atom. The van der Waals surface area contributed by atoms with E-state index in [1.165, 1.54) is 0 Å². The summed E-state index contributed by atoms with van der Waals surface area (Å²) < 4.78 is 5.39. The first kappa shape index (κ1) is 15.9. The van der Waals surface area contributed by atoms with Crippen molar-refractivity contribution in [3.63, 3.8) is 0 Å². The van der Waals surface area contributed by atoms with Crippen molar-refractivity contribution in [1.29, 1.82) is 0 Å². The Bertz CT molecular complexity index is 451. The number of aliphatic hydroxyl groups excluding tert-OH is 1. The number of benzene rings is 1. The van der Waals surface area contributed by atoms with Crippen LogP contribution < -0.4 is 10.1 Å². The molecule has 1 saturated heterocycles. The maximum atomic E-state index is 10.4. The van der Waals surface area contributed by atoms with Crippen molar-refractivity contribution in [2.45, 2.75) is 13.0 Å². The van der Waals surface area contributed by atoms with Gasteiger partial charge in [0.1, 0.15) is 5.75 Å². The van der Waals surface area contributed by atoms with Crippen LogP contribution in [0.15, 0.2) is 12.1 Å². The Balaban J connectivity index is 2.08. The SMILES string of the molecule is CCOc1cc(Cl)c(C(O)CN2CCNCC2)cc1Cl. The summed E-state index contributed by atoms with van der Waals surface area (Å²) in [5, 5.41) is 14.6. The van der Waals surface area contributed by atoms with Crippen LogP contribution in [-0.4, -0.2) is 49.3 Å². The van der Waals surface area contributed by atoms with Crippen LogP contribution in [0.25, 0.3) is 0 Å². The molecule has 4 nitrogen and oxygen atoms in total. The zero-order chi connectivity index (χ0) is 14.5. The van der Waals surface area contributed by atoms with Gasteiger partial charge in [-0.25, -0.2) is 0 Å². The molecule has 1 aromatic carbocycles. The molecular weight excluding hydrogens is 299 g/mol. The quantitative estimate of drug-likeness (QED) is 0.874. The molecule has 112 valence electrons. The van der Waals surface area contributed by atoms with Crippen LogP contribution in [0, 0.1) is 0 Å². The van der Waals surface area contributed by atoms with Crippen LogP contribution in [0.5, 0.6) is 5.75 Å². The number of halogens is 2. The van der Waals surface area contributed by atoms with E-state index < -0.39 is 6.10 Å². The molecule has 0 aromatic heterocycles. The smallest absolute Gasteiger partial charge is 0.139 e. The van der Waals surface area contributed by atoms with Gasteiger partial charge < -0.3 is 15.2 Å². The second kappa shape index (κ2) is 7.48. The fourth-order valence-corrected chi connectivity index (χ4v) is 2.81. The number of hydrogen-bond donors (Lipinski definition) is 2. The number of aliphatic hydroxyl groups is 1. The molecule has 0 bridgehead atoms. The number of nitrogens with one attached hydrogen (secondary N) is 1. The molecule has 0 spiro atoms. The first-order valence-electron chi connectivity index (χ1n) is 6.84. The van der Waals surface area contributed by atoms with Crippen LogP contribution >= 0.6 is 23.2 Å². The van der Waals surface area contributed by atoms with Crippen molar-refractivity contribution in [3.05, 3.63) is 27.7 Å². The van der Waals surface area contributed by atoms with Gasteiger partial charge in [-0.3, -0.25) is 4.90 Å². The molecule has 1 fully saturated rings. The lowest BCUT2D eigenvalue weighted by molar-refractivity contribution is 0.105. The van der Waals surface area contributed by atoms with Crippen molar-refractivity contribution < 1.29 is 9.84 Å². The molecule has 1 aliphatic heterocycles. The van der Waals surface area contributed by atoms with Gasteiger partial charge in [0, 0.05) is 44.4 Å². The van der Waals surface area contributed by atoms with Crippen molar-refractivity contribution in [2.24, 2.45) is 0 Å². The minimum absolute atomic E-state index is 0.477. The van der Waals surface area contributed by atoms with Crippen LogP contribution in [0.3, 0.4) is 0 Å². The van der Waals surface area contributed by atoms with Crippen molar-refractivity contribution in [3.8, 4) is 5.75 Å². The van der Waals surface area contributed by atoms with E-state index in [1.807, 2.05) is 6.92 Å². The van der Waals surface area contributed by atoms with E-state index in [0.29, 0.717) is 34.5 Å². The first-order chi connectivity index (χ1) is 9.61. The van der Waals surface area contributed by atoms with Crippen LogP contribution in [0.4, 0.5) is 0 Å². The molecule has 0 saturated carbocycles. The van der Waals surface area contributed by atoms with Gasteiger partial charge in [0.2, 0.25) is 0 Å². The minimum Gasteiger partial charge on any atom is -0.492 e. The van der Waals surface area contributed by atoms with E-state index in [4.69, 9.17) is 27.9 Å². The molecular formula is C14H20Cl2N2O2. The molecule has 0 amide bonds. The standard InChI is InChI=1S/C14H20Cl2N2O2/c1-2-20-14-8-11(15)10(7-12(14)16)13(19)9-18-5-3-17-4-6-18/h7-8,13,17,19H,2-6,9H2,1H3. The second-order valence-electron chi connectivity index (χ2n) is 4.80. The van der Waals surface area contributed by atoms with Crippen LogP contribution in [0.2, 0.25) is 10.0 Å². The Kier molecular flexibility index (Phi) is 5.93. The maximum Gasteiger partial charge on any atom is 0.139 e. The van der Waals surface area contributed by atoms with Gasteiger partial charge in [0.25, 0.3) is 0 Å². The minimum atomic E-state index is -0.645. The highest BCUT2D eigenvalue weighted by Crippen LogP contribution is 2.34. The summed E-state index contributed by atoms with van der Waals surface area (Å²) >= 11 is 12.4. The summed E-state index contributed by atoms with van der Waals surface area (Å²) in [4.78, 5) is 2.21. The number of β-amino-alcohol motifs (C(OH)–C–C–N with tert-alkyl or cyclic N) is 1. The third kappa shape index (κ3) is 3.99. The predicted octanol–water partition coefficient (Wildman–Crippen LogP) is 2.33. The van der Waals surface area contributed by atoms with Crippen molar-refractivity contribution in [1.82, 2.24) is 10.2 Å². The fourth-order valence-electron chi connectivity index (χ4n) is 2.30. The molecule has 1 aromatic rings. The van der Waals surface area contributed by atoms with E-state index in [1.54, 1.807) is 12.1 Å². The van der Waals surface area contributed by atoms with E-state index in [9.17, 15) is 5.11 Å². The van der Waals surface area contributed by atoms with Crippen molar-refractivity contribution in [2.75, 3.05) is 39.3 Å². The molecule has 2 N–H and O–H groups in total. The summed E-state index contributed by atoms with van der Waals surface area (Å²) in [7, 11) is 0. The lowest BCUT2D eigenvalue weighted by Gasteiger charge is -2.29. The van der Waals surface area contributed by atoms with E-state index in [0.717, 1.165) is 26.2 Å². The summed E-state index contributed by atoms with van der Waals surface area (Å²) in [5.41, 5.74) is 0.652. The lowest BCUT2D eigenvalue weighted by Crippen LogP contribution is -2.45. The van der Waals surface area contributed by atoms with Crippen LogP contribution in [-0.2, 0) is 0 Å². The van der Waals surface area contributed by atoms with E-state index >= 15 is 0 Å². The summed E-state index contributed by atoms with van der Waals surface area (Å²) in [6.45, 7) is 6.73. The Hall–Kier alpha value is -0.520. The third-order valence-electron chi connectivity index (χ3n) is 3.35. The highest BCUT2D eigenvalue weighted by molar-refractivity contribution is 6.34. The fraction of sp³-hybridized carbons (Fsp3) is 0.571. The average Bonchev–Trinajstić information content (AvgIpc) is 2.43. The van der Waals surface area contributed by atoms with Gasteiger partial charge >= 0.3 is 0 Å². The molecule has 0 radical (unpaired) electrons. The lowest BCUT2D eigenvalue weighted by atomic mass is 10.1. The highest BCUT2D eigenvalue weighted by Gasteiger charge is 2.19. The number of rotatable bonds is 5. The summed E-state index contributed by atoms with van der Waals surface area (Å²) in [5.74, 6) is 0.553. The first-order valence-corrected chi connectivity index (χ1v) is 7.60. The highest BCUT2D eigenvalue weighted by atomic mass is 35.5. The third-order valence-corrected chi connectivity index (χ3v) is 3.97. The van der Waals surface area contributed by atoms with E-state index in [-0.39, 0.29) is 0 Å². The molecule has 1 unspecified atom stereocenters. The zero-order valence-corrected chi connectivity index (χ0v) is 13.0. The topological polar surface area (TPSA) is 44.7 Å². The molecule has 0 aliphatic carbocycles. The Morgan fingerprint density at radius 3 is 2.65 bits per heavy atom. The van der Waals surface area contributed by atoms with Gasteiger partial charge in [0.15, 0.2) is 0 Å². The van der Waals surface area contributed by atoms with Crippen LogP contribution in [0.1, 0.15) is 18.6 Å². The Labute approximate surface area is 129 Å². The van der Waals surface area contributed by atoms with Gasteiger partial charge in [-0.2, -0.15) is 0 Å². The monoisotopic (exact) mass is 318 g/mol. The van der Waals surface area contributed by atoms with Crippen molar-refractivity contribution >= 4 is 23.2 Å². The molecule has 20 heavy (non-hydrogen) atoms. The zero-order valence-electron chi connectivity index (χ0n) is 11.5. The molecule has 1 aliphatic rings. The summed E-state index contributed by atoms with van der Waals surface area (Å²) in [6, 6.07) is 3.37. The van der Waals surface area contributed by atoms with Gasteiger partial charge in [-0.1, -0.05) is 23.2 Å². The number of ether oxygens (including phenoxy) is 1. The molecule has 2 rings (SSSR count). The molecule has 1 heterocycles. The van der Waals surface area contributed by atoms with Gasteiger partial charge in [-0.15, -0.1) is 0 Å². The largest absolute Gasteiger partial charge is 0.492 e. The maximum absolute atomic E-state index is 10.4. The average molecular weight is 319 g/mol. The number of piperazine rings is 1. The molecule has 1 atom stereocenters. The summed E-state index contributed by atoms with van der Waals surface area (Å²) in [6.07, 6.45) is -0.645. The van der Waals surface area contributed by atoms with Gasteiger partial charge in [0.05, 0.1) is 22.8 Å². The number of hydrogen-bond acceptors (Lipinski definition) is 4. The predicted molar refractivity (Wildman–Crippen MR) is 81.9 cm³/mol. The normalized spacial score (nSPS) is 18.0.